The highest BCUT2D eigenvalue weighted by Crippen LogP contribution is 2.36. The zero-order valence-corrected chi connectivity index (χ0v) is 49.9. The van der Waals surface area contributed by atoms with Crippen LogP contribution in [0.15, 0.2) is 97.9 Å². The second kappa shape index (κ2) is 27.0. The number of aromatic nitrogens is 10. The van der Waals surface area contributed by atoms with Gasteiger partial charge in [0.1, 0.15) is 35.7 Å². The third-order valence-electron chi connectivity index (χ3n) is 15.5. The molecule has 2 aliphatic heterocycles. The highest BCUT2D eigenvalue weighted by Gasteiger charge is 2.33. The van der Waals surface area contributed by atoms with Crippen LogP contribution in [0.1, 0.15) is 108 Å². The second-order valence-electron chi connectivity index (χ2n) is 21.8. The Bertz CT molecular complexity index is 3720. The summed E-state index contributed by atoms with van der Waals surface area (Å²) in [6, 6.07) is 14.9. The van der Waals surface area contributed by atoms with Crippen molar-refractivity contribution in [2.24, 2.45) is 0 Å². The molecule has 8 N–H and O–H groups in total. The first-order valence-electron chi connectivity index (χ1n) is 28.8. The van der Waals surface area contributed by atoms with Crippen LogP contribution in [0.2, 0.25) is 0 Å². The normalized spacial score (nSPS) is 16.9. The number of likely N-dealkylation sites (N-methyl/N-ethyl adjacent to an activating group) is 2. The van der Waals surface area contributed by atoms with Gasteiger partial charge in [0.05, 0.1) is 28.4 Å². The van der Waals surface area contributed by atoms with E-state index in [0.29, 0.717) is 99.2 Å². The average molecular weight is 1190 g/mol. The van der Waals surface area contributed by atoms with E-state index < -0.39 is 5.97 Å². The molecule has 8 aromatic rings. The van der Waals surface area contributed by atoms with Gasteiger partial charge in [-0.2, -0.15) is 10.2 Å². The summed E-state index contributed by atoms with van der Waals surface area (Å²) >= 11 is 3.07. The van der Waals surface area contributed by atoms with Gasteiger partial charge >= 0.3 is 5.97 Å². The molecule has 25 heteroatoms. The van der Waals surface area contributed by atoms with Crippen molar-refractivity contribution < 1.29 is 24.3 Å². The number of aromatic carboxylic acids is 1. The number of anilines is 4. The first-order chi connectivity index (χ1) is 41.2. The lowest BCUT2D eigenvalue weighted by atomic mass is 10.1. The van der Waals surface area contributed by atoms with Crippen LogP contribution in [0.5, 0.6) is 0 Å². The number of fused-ring (bicyclic) bond motifs is 2. The van der Waals surface area contributed by atoms with E-state index in [4.69, 9.17) is 27.4 Å². The van der Waals surface area contributed by atoms with Gasteiger partial charge in [0.25, 0.3) is 5.91 Å². The fourth-order valence-electron chi connectivity index (χ4n) is 10.5. The van der Waals surface area contributed by atoms with Crippen molar-refractivity contribution in [2.45, 2.75) is 102 Å². The molecule has 0 radical (unpaired) electrons. The molecule has 4 fully saturated rings. The van der Waals surface area contributed by atoms with Crippen LogP contribution in [0, 0.1) is 0 Å². The molecule has 0 spiro atoms. The lowest BCUT2D eigenvalue weighted by molar-refractivity contribution is -0.125. The number of likely N-dealkylation sites (tertiary alicyclic amines) is 2. The second-order valence-corrected chi connectivity index (χ2v) is 24.1. The van der Waals surface area contributed by atoms with E-state index in [-0.39, 0.29) is 35.4 Å². The number of nitrogen functional groups attached to an aromatic ring is 3. The summed E-state index contributed by atoms with van der Waals surface area (Å²) in [4.78, 5) is 85.9. The zero-order valence-electron chi connectivity index (χ0n) is 48.3. The number of hydrogen-bond acceptors (Lipinski definition) is 19. The zero-order chi connectivity index (χ0) is 59.7. The van der Waals surface area contributed by atoms with Crippen molar-refractivity contribution in [1.29, 1.82) is 0 Å². The third kappa shape index (κ3) is 14.5. The molecule has 6 aromatic heterocycles. The molecular formula is C60H72N18O5S2. The number of rotatable bonds is 19. The van der Waals surface area contributed by atoms with Crippen LogP contribution >= 0.6 is 22.7 Å². The number of aryl methyl sites for hydroxylation is 2. The number of carboxylic acids is 1. The number of carbonyl (C=O) groups is 4. The predicted octanol–water partition coefficient (Wildman–Crippen LogP) is 8.04. The minimum atomic E-state index is -0.992. The summed E-state index contributed by atoms with van der Waals surface area (Å²) in [5.41, 5.74) is 22.6. The summed E-state index contributed by atoms with van der Waals surface area (Å²) in [7, 11) is 4.18. The lowest BCUT2D eigenvalue weighted by Crippen LogP contribution is -2.28. The number of benzene rings is 2. The molecular weight excluding hydrogens is 1120 g/mol. The molecule has 85 heavy (non-hydrogen) atoms. The van der Waals surface area contributed by atoms with E-state index in [1.807, 2.05) is 55.8 Å². The molecule has 23 nitrogen and oxygen atoms in total. The number of thiazole rings is 2. The Hall–Kier alpha value is -8.52. The summed E-state index contributed by atoms with van der Waals surface area (Å²) in [6.45, 7) is 8.17. The van der Waals surface area contributed by atoms with E-state index in [1.165, 1.54) is 73.1 Å². The maximum absolute atomic E-state index is 12.9. The van der Waals surface area contributed by atoms with E-state index in [2.05, 4.69) is 73.0 Å². The number of carboxylic acid groups (broad SMARTS) is 1. The minimum absolute atomic E-state index is 0.00165. The van der Waals surface area contributed by atoms with Gasteiger partial charge in [-0.15, -0.1) is 22.7 Å². The van der Waals surface area contributed by atoms with Crippen molar-refractivity contribution in [2.75, 3.05) is 75.9 Å². The van der Waals surface area contributed by atoms with Crippen molar-refractivity contribution in [1.82, 2.24) is 69.1 Å². The van der Waals surface area contributed by atoms with Crippen molar-refractivity contribution in [3.8, 4) is 22.5 Å². The fraction of sp³-hybridized carbons (Fsp3) is 0.400. The molecule has 0 unspecified atom stereocenters. The third-order valence-corrected chi connectivity index (χ3v) is 17.3. The summed E-state index contributed by atoms with van der Waals surface area (Å²) in [5.74, 6) is -0.553. The minimum Gasteiger partial charge on any atom is -0.478 e. The maximum Gasteiger partial charge on any atom is 0.335 e. The van der Waals surface area contributed by atoms with Gasteiger partial charge in [-0.3, -0.25) is 29.5 Å². The lowest BCUT2D eigenvalue weighted by Gasteiger charge is -2.16. The first-order valence-corrected chi connectivity index (χ1v) is 30.5. The van der Waals surface area contributed by atoms with Crippen molar-refractivity contribution in [3.63, 3.8) is 0 Å². The van der Waals surface area contributed by atoms with Crippen LogP contribution < -0.4 is 22.5 Å². The summed E-state index contributed by atoms with van der Waals surface area (Å²) in [5, 5.41) is 24.4. The quantitative estimate of drug-likeness (QED) is 0.0478. The van der Waals surface area contributed by atoms with Crippen LogP contribution in [-0.4, -0.2) is 163 Å². The number of amides is 3. The average Bonchev–Trinajstić information content (AvgIpc) is 1.91. The highest BCUT2D eigenvalue weighted by atomic mass is 32.1. The molecule has 444 valence electrons. The molecule has 8 heterocycles. The van der Waals surface area contributed by atoms with Gasteiger partial charge < -0.3 is 32.1 Å². The largest absolute Gasteiger partial charge is 0.478 e. The van der Waals surface area contributed by atoms with Gasteiger partial charge in [0.15, 0.2) is 21.6 Å². The first kappa shape index (κ1) is 59.6. The van der Waals surface area contributed by atoms with Gasteiger partial charge in [-0.25, -0.2) is 44.1 Å². The Morgan fingerprint density at radius 1 is 0.624 bits per heavy atom. The topological polar surface area (TPSA) is 305 Å². The SMILES string of the molecule is CCCc1cnc(N)s1.CCCc1cnc(NC(=O)c2ccc(-c3nn([C@@H]4CCN(C(=O)/C=C/CN(C)C5CC5)C4)c4ncnc(N)c34)cc2)s1.CN(C/C=C/C(=O)N1CC[C@@H](n2nc(-c3ccc(C(=O)O)cc3)c3c(N)ncnc32)C1)C1CC1. The molecule has 4 aliphatic rings. The Morgan fingerprint density at radius 3 is 1.52 bits per heavy atom. The number of nitrogens with one attached hydrogen (secondary N) is 1. The van der Waals surface area contributed by atoms with Gasteiger partial charge in [-0.1, -0.05) is 63.1 Å². The number of hydrogen-bond donors (Lipinski definition) is 5. The van der Waals surface area contributed by atoms with E-state index in [9.17, 15) is 24.3 Å². The maximum atomic E-state index is 12.9. The Balaban J connectivity index is 0.000000167. The number of nitrogens with zero attached hydrogens (tertiary/aromatic N) is 14. The Morgan fingerprint density at radius 2 is 1.08 bits per heavy atom. The van der Waals surface area contributed by atoms with Crippen molar-refractivity contribution >= 4 is 90.3 Å². The smallest absolute Gasteiger partial charge is 0.335 e. The predicted molar refractivity (Wildman–Crippen MR) is 332 cm³/mol. The van der Waals surface area contributed by atoms with Crippen LogP contribution in [0.25, 0.3) is 44.6 Å². The van der Waals surface area contributed by atoms with Crippen LogP contribution in [0.3, 0.4) is 0 Å². The van der Waals surface area contributed by atoms with E-state index >= 15 is 0 Å². The number of nitrogens with two attached hydrogens (primary N) is 3. The molecule has 0 bridgehead atoms. The fourth-order valence-corrected chi connectivity index (χ4v) is 12.2. The molecule has 12 rings (SSSR count). The van der Waals surface area contributed by atoms with Gasteiger partial charge in [0, 0.05) is 102 Å². The molecule has 2 aliphatic carbocycles. The Kier molecular flexibility index (Phi) is 19.0. The molecule has 2 atom stereocenters. The summed E-state index contributed by atoms with van der Waals surface area (Å²) in [6.07, 6.45) is 24.5. The van der Waals surface area contributed by atoms with E-state index in [0.717, 1.165) is 61.2 Å². The van der Waals surface area contributed by atoms with E-state index in [1.54, 1.807) is 47.8 Å². The highest BCUT2D eigenvalue weighted by molar-refractivity contribution is 7.15. The standard InChI is InChI=1S/C30H35N9O2S.C24H27N7O3.C6H10N2S/c1-3-5-23-16-32-30(42-23)35-29(41)20-9-7-19(8-10-20)26-25-27(31)33-18-34-28(25)39(36-26)22-13-15-38(17-22)24(40)6-4-14-37(2)21-11-12-21;1-29(17-8-9-17)11-2-3-19(32)30-12-10-18(13-30)31-23-20(22(25)26-14-27-23)21(28-31)15-4-6-16(7-5-15)24(33)34;1-2-3-5-4-8-6(7)9-5/h4,6-10,16,18,21-22H,3,5,11-15,17H2,1-2H3,(H2,31,33,34)(H,32,35,41);2-7,14,17-18H,8-13H2,1H3,(H,33,34)(H2,25,26,27);4H,2-3H2,1H3,(H2,7,8)/b6-4+;3-2+;/t22-;18-;/m11./s1. The molecule has 2 saturated carbocycles. The summed E-state index contributed by atoms with van der Waals surface area (Å²) < 4.78 is 3.70. The van der Waals surface area contributed by atoms with Crippen molar-refractivity contribution in [3.05, 3.63) is 119 Å². The molecule has 2 saturated heterocycles. The van der Waals surface area contributed by atoms with Crippen LogP contribution in [-0.2, 0) is 22.4 Å². The molecule has 2 aromatic carbocycles. The Labute approximate surface area is 500 Å². The van der Waals surface area contributed by atoms with Crippen LogP contribution in [0.4, 0.5) is 21.9 Å². The number of carbonyl (C=O) groups excluding carboxylic acids is 3. The van der Waals surface area contributed by atoms with Gasteiger partial charge in [-0.05, 0) is 89.7 Å². The molecule has 3 amide bonds. The monoisotopic (exact) mass is 1190 g/mol. The van der Waals surface area contributed by atoms with Gasteiger partial charge in [0.2, 0.25) is 11.8 Å².